The van der Waals surface area contributed by atoms with Crippen molar-refractivity contribution in [1.82, 2.24) is 5.32 Å². The minimum Gasteiger partial charge on any atom is -0.387 e. The minimum absolute atomic E-state index is 0.277. The smallest absolute Gasteiger partial charge is 0.267 e. The molecule has 6 nitrogen and oxygen atoms in total. The Labute approximate surface area is 246 Å². The molecule has 0 aromatic carbocycles. The van der Waals surface area contributed by atoms with Crippen LogP contribution in [-0.4, -0.2) is 41.9 Å². The fourth-order valence-electron chi connectivity index (χ4n) is 4.57. The number of unbranched alkanes of at least 4 members (excludes halogenated alkanes) is 16. The number of nitrogens with one attached hydrogen (secondary N) is 1. The summed E-state index contributed by atoms with van der Waals surface area (Å²) in [6.07, 6.45) is 34.2. The lowest BCUT2D eigenvalue weighted by Crippen LogP contribution is -2.46. The molecular formula is C33H61NO5S. The zero-order chi connectivity index (χ0) is 29.7. The van der Waals surface area contributed by atoms with Crippen molar-refractivity contribution in [2.45, 2.75) is 161 Å². The summed E-state index contributed by atoms with van der Waals surface area (Å²) >= 11 is 0. The molecule has 2 unspecified atom stereocenters. The van der Waals surface area contributed by atoms with E-state index in [2.05, 4.69) is 43.5 Å². The van der Waals surface area contributed by atoms with Gasteiger partial charge in [-0.2, -0.15) is 8.42 Å². The van der Waals surface area contributed by atoms with Gasteiger partial charge in [-0.1, -0.05) is 121 Å². The van der Waals surface area contributed by atoms with Crippen LogP contribution in [0.15, 0.2) is 36.5 Å². The van der Waals surface area contributed by atoms with Crippen LogP contribution < -0.4 is 5.32 Å². The predicted octanol–water partition coefficient (Wildman–Crippen LogP) is 8.62. The van der Waals surface area contributed by atoms with Crippen LogP contribution in [0.5, 0.6) is 0 Å². The Kier molecular flexibility index (Phi) is 26.7. The first-order chi connectivity index (χ1) is 19.3. The molecule has 3 N–H and O–H groups in total. The van der Waals surface area contributed by atoms with Crippen molar-refractivity contribution in [3.8, 4) is 0 Å². The van der Waals surface area contributed by atoms with E-state index in [0.717, 1.165) is 51.4 Å². The zero-order valence-electron chi connectivity index (χ0n) is 25.7. The van der Waals surface area contributed by atoms with E-state index in [0.29, 0.717) is 6.42 Å². The fraction of sp³-hybridized carbons (Fsp3) is 0.788. The molecule has 0 aliphatic carbocycles. The number of carbonyl (C=O) groups excluding carboxylic acids is 1. The number of hydrogen-bond acceptors (Lipinski definition) is 4. The average molecular weight is 584 g/mol. The molecule has 0 rings (SSSR count). The second kappa shape index (κ2) is 27.7. The van der Waals surface area contributed by atoms with Gasteiger partial charge in [0.2, 0.25) is 5.91 Å². The molecule has 2 atom stereocenters. The van der Waals surface area contributed by atoms with Crippen LogP contribution in [0, 0.1) is 0 Å². The van der Waals surface area contributed by atoms with Gasteiger partial charge >= 0.3 is 0 Å². The third kappa shape index (κ3) is 28.1. The molecule has 40 heavy (non-hydrogen) atoms. The van der Waals surface area contributed by atoms with Gasteiger partial charge in [0.25, 0.3) is 10.1 Å². The number of rotatable bonds is 28. The van der Waals surface area contributed by atoms with Crippen molar-refractivity contribution < 1.29 is 22.9 Å². The maximum atomic E-state index is 12.4. The van der Waals surface area contributed by atoms with Crippen LogP contribution in [0.4, 0.5) is 0 Å². The lowest BCUT2D eigenvalue weighted by atomic mass is 10.1. The molecule has 0 radical (unpaired) electrons. The van der Waals surface area contributed by atoms with Crippen molar-refractivity contribution in [2.75, 3.05) is 5.75 Å². The number of hydrogen-bond donors (Lipinski definition) is 3. The quantitative estimate of drug-likeness (QED) is 0.0486. The Bertz CT molecular complexity index is 776. The Morgan fingerprint density at radius 2 is 1.07 bits per heavy atom. The average Bonchev–Trinajstić information content (AvgIpc) is 2.90. The summed E-state index contributed by atoms with van der Waals surface area (Å²) in [5, 5.41) is 13.0. The molecular weight excluding hydrogens is 522 g/mol. The van der Waals surface area contributed by atoms with Crippen molar-refractivity contribution >= 4 is 16.0 Å². The highest BCUT2D eigenvalue weighted by Gasteiger charge is 2.24. The maximum absolute atomic E-state index is 12.4. The molecule has 7 heteroatoms. The second-order valence-electron chi connectivity index (χ2n) is 11.1. The Hall–Kier alpha value is -1.44. The molecule has 0 spiro atoms. The van der Waals surface area contributed by atoms with Crippen molar-refractivity contribution in [3.05, 3.63) is 36.5 Å². The molecule has 0 saturated heterocycles. The fourth-order valence-corrected chi connectivity index (χ4v) is 5.31. The molecule has 0 aliphatic rings. The number of aliphatic hydroxyl groups is 1. The Morgan fingerprint density at radius 1 is 0.650 bits per heavy atom. The normalized spacial score (nSPS) is 14.0. The van der Waals surface area contributed by atoms with Gasteiger partial charge in [-0.25, -0.2) is 0 Å². The van der Waals surface area contributed by atoms with Crippen molar-refractivity contribution in [1.29, 1.82) is 0 Å². The summed E-state index contributed by atoms with van der Waals surface area (Å²) in [7, 11) is -4.34. The second-order valence-corrected chi connectivity index (χ2v) is 12.6. The molecule has 0 saturated carbocycles. The van der Waals surface area contributed by atoms with E-state index < -0.39 is 28.0 Å². The van der Waals surface area contributed by atoms with Crippen LogP contribution in [0.2, 0.25) is 0 Å². The summed E-state index contributed by atoms with van der Waals surface area (Å²) in [6.45, 7) is 4.43. The molecule has 0 heterocycles. The van der Waals surface area contributed by atoms with E-state index in [9.17, 15) is 22.9 Å². The number of carbonyl (C=O) groups is 1. The van der Waals surface area contributed by atoms with E-state index in [1.807, 2.05) is 0 Å². The summed E-state index contributed by atoms with van der Waals surface area (Å²) in [6, 6.07) is -1.07. The van der Waals surface area contributed by atoms with Gasteiger partial charge < -0.3 is 10.4 Å². The standard InChI is InChI=1S/C33H61NO5S/c1-3-5-7-9-11-13-14-15-16-17-18-19-21-23-25-27-29-33(36)34-31(30-40(37,38)39)32(35)28-26-24-22-20-12-10-8-6-4-2/h12,16-17,20,26,28,31-32,35H,3-11,13-15,18-19,21-25,27,29-30H2,1-2H3,(H,34,36)(H,37,38,39)/b17-16-,20-12+,28-26+. The Balaban J connectivity index is 4.05. The highest BCUT2D eigenvalue weighted by molar-refractivity contribution is 7.85. The summed E-state index contributed by atoms with van der Waals surface area (Å²) in [5.41, 5.74) is 0. The van der Waals surface area contributed by atoms with Crippen LogP contribution in [0.25, 0.3) is 0 Å². The molecule has 234 valence electrons. The highest BCUT2D eigenvalue weighted by atomic mass is 32.2. The van der Waals surface area contributed by atoms with Crippen LogP contribution >= 0.6 is 0 Å². The van der Waals surface area contributed by atoms with Crippen molar-refractivity contribution in [2.24, 2.45) is 0 Å². The number of allylic oxidation sites excluding steroid dienone is 5. The summed E-state index contributed by atoms with van der Waals surface area (Å²) in [5.74, 6) is -1.02. The first-order valence-electron chi connectivity index (χ1n) is 16.2. The predicted molar refractivity (Wildman–Crippen MR) is 170 cm³/mol. The minimum atomic E-state index is -4.34. The Morgan fingerprint density at radius 3 is 1.62 bits per heavy atom. The summed E-state index contributed by atoms with van der Waals surface area (Å²) in [4.78, 5) is 12.4. The summed E-state index contributed by atoms with van der Waals surface area (Å²) < 4.78 is 32.1. The van der Waals surface area contributed by atoms with Gasteiger partial charge in [-0.15, -0.1) is 0 Å². The van der Waals surface area contributed by atoms with E-state index in [1.54, 1.807) is 6.08 Å². The number of amides is 1. The van der Waals surface area contributed by atoms with E-state index in [4.69, 9.17) is 0 Å². The highest BCUT2D eigenvalue weighted by Crippen LogP contribution is 2.11. The van der Waals surface area contributed by atoms with Gasteiger partial charge in [-0.3, -0.25) is 9.35 Å². The van der Waals surface area contributed by atoms with Gasteiger partial charge in [0.15, 0.2) is 0 Å². The van der Waals surface area contributed by atoms with Gasteiger partial charge in [0.05, 0.1) is 17.9 Å². The van der Waals surface area contributed by atoms with Crippen LogP contribution in [-0.2, 0) is 14.9 Å². The molecule has 1 amide bonds. The van der Waals surface area contributed by atoms with Gasteiger partial charge in [-0.05, 0) is 57.8 Å². The lowest BCUT2D eigenvalue weighted by molar-refractivity contribution is -0.122. The maximum Gasteiger partial charge on any atom is 0.267 e. The molecule has 0 aromatic rings. The van der Waals surface area contributed by atoms with Crippen molar-refractivity contribution in [3.63, 3.8) is 0 Å². The van der Waals surface area contributed by atoms with Crippen LogP contribution in [0.3, 0.4) is 0 Å². The first-order valence-corrected chi connectivity index (χ1v) is 17.8. The van der Waals surface area contributed by atoms with E-state index in [-0.39, 0.29) is 12.3 Å². The SMILES string of the molecule is CCCCC/C=C/CC/C=C/C(O)C(CS(=O)(=O)O)NC(=O)CCCCCCC/C=C\CCCCCCCCC. The van der Waals surface area contributed by atoms with E-state index >= 15 is 0 Å². The van der Waals surface area contributed by atoms with Gasteiger partial charge in [0.1, 0.15) is 0 Å². The number of aliphatic hydroxyl groups excluding tert-OH is 1. The molecule has 0 bridgehead atoms. The monoisotopic (exact) mass is 583 g/mol. The van der Waals surface area contributed by atoms with E-state index in [1.165, 1.54) is 76.7 Å². The zero-order valence-corrected chi connectivity index (χ0v) is 26.5. The topological polar surface area (TPSA) is 104 Å². The molecule has 0 aliphatic heterocycles. The third-order valence-corrected chi connectivity index (χ3v) is 7.82. The largest absolute Gasteiger partial charge is 0.387 e. The third-order valence-electron chi connectivity index (χ3n) is 7.04. The first kappa shape index (κ1) is 38.6. The molecule has 0 aromatic heterocycles. The molecule has 0 fully saturated rings. The van der Waals surface area contributed by atoms with Gasteiger partial charge in [0, 0.05) is 6.42 Å². The van der Waals surface area contributed by atoms with Crippen LogP contribution in [0.1, 0.15) is 149 Å². The lowest BCUT2D eigenvalue weighted by Gasteiger charge is -2.21.